The van der Waals surface area contributed by atoms with Gasteiger partial charge in [0.1, 0.15) is 0 Å². The van der Waals surface area contributed by atoms with Gasteiger partial charge in [-0.1, -0.05) is 53.0 Å². The van der Waals surface area contributed by atoms with Crippen molar-refractivity contribution in [2.75, 3.05) is 6.61 Å². The van der Waals surface area contributed by atoms with Crippen molar-refractivity contribution in [1.82, 2.24) is 0 Å². The maximum atomic E-state index is 11.2. The van der Waals surface area contributed by atoms with Crippen molar-refractivity contribution in [2.24, 2.45) is 11.8 Å². The van der Waals surface area contributed by atoms with E-state index in [1.807, 2.05) is 0 Å². The van der Waals surface area contributed by atoms with Gasteiger partial charge in [-0.25, -0.2) is 4.79 Å². The molecule has 0 aliphatic rings. The third-order valence-electron chi connectivity index (χ3n) is 3.06. The molecule has 0 aromatic heterocycles. The lowest BCUT2D eigenvalue weighted by atomic mass is 9.91. The van der Waals surface area contributed by atoms with Crippen LogP contribution < -0.4 is 0 Å². The molecule has 0 aromatic carbocycles. The second-order valence-electron chi connectivity index (χ2n) is 4.83. The van der Waals surface area contributed by atoms with Crippen LogP contribution in [0.5, 0.6) is 0 Å². The van der Waals surface area contributed by atoms with Crippen LogP contribution in [0, 0.1) is 11.8 Å². The highest BCUT2D eigenvalue weighted by Crippen LogP contribution is 2.19. The molecule has 94 valence electrons. The van der Waals surface area contributed by atoms with Crippen LogP contribution in [-0.4, -0.2) is 12.6 Å². The summed E-state index contributed by atoms with van der Waals surface area (Å²) in [5, 5.41) is 0. The normalized spacial score (nSPS) is 14.2. The van der Waals surface area contributed by atoms with Crippen molar-refractivity contribution in [3.8, 4) is 0 Å². The van der Waals surface area contributed by atoms with E-state index in [9.17, 15) is 4.79 Å². The average molecular weight is 226 g/mol. The molecule has 0 bridgehead atoms. The van der Waals surface area contributed by atoms with Crippen molar-refractivity contribution in [1.29, 1.82) is 0 Å². The van der Waals surface area contributed by atoms with Gasteiger partial charge in [-0.3, -0.25) is 0 Å². The average Bonchev–Trinajstić information content (AvgIpc) is 2.25. The Kier molecular flexibility index (Phi) is 7.96. The zero-order valence-electron chi connectivity index (χ0n) is 11.2. The predicted octanol–water partition coefficient (Wildman–Crippen LogP) is 3.96. The van der Waals surface area contributed by atoms with Crippen LogP contribution in [0.3, 0.4) is 0 Å². The molecule has 0 rings (SSSR count). The summed E-state index contributed by atoms with van der Waals surface area (Å²) in [7, 11) is 0. The van der Waals surface area contributed by atoms with Gasteiger partial charge in [-0.05, 0) is 18.8 Å². The smallest absolute Gasteiger partial charge is 0.333 e. The van der Waals surface area contributed by atoms with Gasteiger partial charge >= 0.3 is 5.97 Å². The molecule has 0 N–H and O–H groups in total. The van der Waals surface area contributed by atoms with Gasteiger partial charge in [-0.2, -0.15) is 0 Å². The van der Waals surface area contributed by atoms with Crippen LogP contribution in [0.15, 0.2) is 12.2 Å². The topological polar surface area (TPSA) is 26.3 Å². The summed E-state index contributed by atoms with van der Waals surface area (Å²) in [6.07, 6.45) is 5.05. The van der Waals surface area contributed by atoms with E-state index in [1.165, 1.54) is 25.7 Å². The van der Waals surface area contributed by atoms with Crippen molar-refractivity contribution in [3.05, 3.63) is 12.2 Å². The molecule has 0 amide bonds. The number of carbonyl (C=O) groups excluding carboxylic acids is 1. The van der Waals surface area contributed by atoms with Crippen molar-refractivity contribution in [3.63, 3.8) is 0 Å². The van der Waals surface area contributed by atoms with Crippen molar-refractivity contribution >= 4 is 5.97 Å². The van der Waals surface area contributed by atoms with Gasteiger partial charge in [0.25, 0.3) is 0 Å². The summed E-state index contributed by atoms with van der Waals surface area (Å²) in [6, 6.07) is 0. The Labute approximate surface area is 100 Å². The minimum atomic E-state index is -0.271. The lowest BCUT2D eigenvalue weighted by Gasteiger charge is -2.19. The van der Waals surface area contributed by atoms with Gasteiger partial charge in [0.15, 0.2) is 0 Å². The molecule has 0 heterocycles. The van der Waals surface area contributed by atoms with E-state index in [1.54, 1.807) is 6.92 Å². The van der Waals surface area contributed by atoms with Crippen LogP contribution in [0.4, 0.5) is 0 Å². The van der Waals surface area contributed by atoms with E-state index in [0.717, 1.165) is 0 Å². The quantitative estimate of drug-likeness (QED) is 0.356. The van der Waals surface area contributed by atoms with E-state index in [2.05, 4.69) is 27.4 Å². The second-order valence-corrected chi connectivity index (χ2v) is 4.83. The fraction of sp³-hybridized carbons (Fsp3) is 0.786. The molecule has 0 radical (unpaired) electrons. The molecular formula is C14H26O2. The van der Waals surface area contributed by atoms with Crippen LogP contribution in [0.2, 0.25) is 0 Å². The summed E-state index contributed by atoms with van der Waals surface area (Å²) in [4.78, 5) is 11.2. The number of carbonyl (C=O) groups is 1. The maximum absolute atomic E-state index is 11.2. The lowest BCUT2D eigenvalue weighted by Crippen LogP contribution is -2.18. The number of ether oxygens (including phenoxy) is 1. The monoisotopic (exact) mass is 226 g/mol. The Hall–Kier alpha value is -0.790. The van der Waals surface area contributed by atoms with Gasteiger partial charge in [0.05, 0.1) is 6.61 Å². The zero-order valence-corrected chi connectivity index (χ0v) is 11.2. The highest BCUT2D eigenvalue weighted by molar-refractivity contribution is 5.86. The fourth-order valence-corrected chi connectivity index (χ4v) is 1.50. The first-order valence-electron chi connectivity index (χ1n) is 6.31. The van der Waals surface area contributed by atoms with Gasteiger partial charge in [0.2, 0.25) is 0 Å². The summed E-state index contributed by atoms with van der Waals surface area (Å²) in [6.45, 7) is 12.3. The minimum absolute atomic E-state index is 0.271. The molecule has 0 saturated heterocycles. The number of hydrogen-bond acceptors (Lipinski definition) is 2. The Balaban J connectivity index is 3.74. The number of esters is 1. The van der Waals surface area contributed by atoms with Crippen LogP contribution >= 0.6 is 0 Å². The Bertz CT molecular complexity index is 221. The Morgan fingerprint density at radius 3 is 2.38 bits per heavy atom. The third-order valence-corrected chi connectivity index (χ3v) is 3.06. The molecular weight excluding hydrogens is 200 g/mol. The molecule has 0 saturated carbocycles. The van der Waals surface area contributed by atoms with Gasteiger partial charge < -0.3 is 4.74 Å². The largest absolute Gasteiger partial charge is 0.462 e. The van der Waals surface area contributed by atoms with Crippen LogP contribution in [-0.2, 0) is 9.53 Å². The molecule has 16 heavy (non-hydrogen) atoms. The number of rotatable bonds is 8. The lowest BCUT2D eigenvalue weighted by molar-refractivity contribution is -0.140. The molecule has 0 spiro atoms. The molecule has 0 fully saturated rings. The van der Waals surface area contributed by atoms with E-state index in [-0.39, 0.29) is 5.97 Å². The maximum Gasteiger partial charge on any atom is 0.333 e. The Morgan fingerprint density at radius 1 is 1.25 bits per heavy atom. The standard InChI is InChI=1S/C14H26O2/c1-6-7-8-9-12(4)13(5)10-16-14(15)11(2)3/h12-13H,2,6-10H2,1,3-5H3. The third kappa shape index (κ3) is 6.65. The summed E-state index contributed by atoms with van der Waals surface area (Å²) in [5.74, 6) is 0.775. The first-order valence-corrected chi connectivity index (χ1v) is 6.31. The first-order chi connectivity index (χ1) is 7.49. The first kappa shape index (κ1) is 15.2. The summed E-state index contributed by atoms with van der Waals surface area (Å²) in [5.41, 5.74) is 0.478. The molecule has 2 atom stereocenters. The highest BCUT2D eigenvalue weighted by atomic mass is 16.5. The molecule has 0 aliphatic heterocycles. The zero-order chi connectivity index (χ0) is 12.6. The summed E-state index contributed by atoms with van der Waals surface area (Å²) >= 11 is 0. The molecule has 2 heteroatoms. The van der Waals surface area contributed by atoms with E-state index in [4.69, 9.17) is 4.74 Å². The van der Waals surface area contributed by atoms with Gasteiger partial charge in [0, 0.05) is 5.57 Å². The molecule has 0 aromatic rings. The van der Waals surface area contributed by atoms with E-state index < -0.39 is 0 Å². The number of hydrogen-bond donors (Lipinski definition) is 0. The Morgan fingerprint density at radius 2 is 1.88 bits per heavy atom. The van der Waals surface area contributed by atoms with Crippen LogP contribution in [0.1, 0.15) is 53.4 Å². The molecule has 0 aliphatic carbocycles. The van der Waals surface area contributed by atoms with Crippen molar-refractivity contribution in [2.45, 2.75) is 53.4 Å². The second kappa shape index (κ2) is 8.37. The SMILES string of the molecule is C=C(C)C(=O)OCC(C)C(C)CCCCC. The van der Waals surface area contributed by atoms with Crippen molar-refractivity contribution < 1.29 is 9.53 Å². The highest BCUT2D eigenvalue weighted by Gasteiger charge is 2.14. The van der Waals surface area contributed by atoms with Gasteiger partial charge in [-0.15, -0.1) is 0 Å². The van der Waals surface area contributed by atoms with E-state index >= 15 is 0 Å². The minimum Gasteiger partial charge on any atom is -0.462 e. The summed E-state index contributed by atoms with van der Waals surface area (Å²) < 4.78 is 5.15. The number of unbranched alkanes of at least 4 members (excludes halogenated alkanes) is 2. The van der Waals surface area contributed by atoms with E-state index in [0.29, 0.717) is 24.0 Å². The van der Waals surface area contributed by atoms with Crippen LogP contribution in [0.25, 0.3) is 0 Å². The fourth-order valence-electron chi connectivity index (χ4n) is 1.50. The molecule has 2 unspecified atom stereocenters. The molecule has 2 nitrogen and oxygen atoms in total. The predicted molar refractivity (Wildman–Crippen MR) is 68.2 cm³/mol.